The summed E-state index contributed by atoms with van der Waals surface area (Å²) < 4.78 is 21.6. The fraction of sp³-hybridized carbons (Fsp3) is 0.462. The number of aliphatic hydroxyl groups excluding tert-OH is 2. The molecule has 4 unspecified atom stereocenters. The molecule has 1 saturated heterocycles. The molecule has 0 aromatic heterocycles. The molecule has 10 nitrogen and oxygen atoms in total. The molecule has 0 saturated carbocycles. The SMILES string of the molecule is C=C1C(=O)OC2C=C(C)C(OC(C)=O)CC=C(C)CC(OC(=O)C(=CC)COC(=O)C(O)=CCO)C12. The molecule has 0 radical (unpaired) electrons. The number of fused-ring (bicyclic) bond motifs is 1. The van der Waals surface area contributed by atoms with E-state index in [-0.39, 0.29) is 17.6 Å². The van der Waals surface area contributed by atoms with Crippen LogP contribution in [0, 0.1) is 5.92 Å². The van der Waals surface area contributed by atoms with E-state index in [0.29, 0.717) is 12.0 Å². The lowest BCUT2D eigenvalue weighted by atomic mass is 9.85. The smallest absolute Gasteiger partial charge is 0.373 e. The van der Waals surface area contributed by atoms with Crippen molar-refractivity contribution in [3.63, 3.8) is 0 Å². The highest BCUT2D eigenvalue weighted by atomic mass is 16.6. The highest BCUT2D eigenvalue weighted by Crippen LogP contribution is 2.36. The van der Waals surface area contributed by atoms with Gasteiger partial charge in [-0.3, -0.25) is 4.79 Å². The molecule has 4 atom stereocenters. The summed E-state index contributed by atoms with van der Waals surface area (Å²) in [4.78, 5) is 48.7. The third kappa shape index (κ3) is 7.42. The molecule has 2 aliphatic rings. The minimum Gasteiger partial charge on any atom is -0.502 e. The van der Waals surface area contributed by atoms with E-state index in [1.807, 2.05) is 13.0 Å². The maximum absolute atomic E-state index is 13.0. The van der Waals surface area contributed by atoms with Gasteiger partial charge in [0.25, 0.3) is 0 Å². The number of ether oxygens (including phenoxy) is 4. The molecule has 0 amide bonds. The predicted molar refractivity (Wildman–Crippen MR) is 127 cm³/mol. The average molecular weight is 505 g/mol. The van der Waals surface area contributed by atoms with E-state index in [4.69, 9.17) is 24.1 Å². The fourth-order valence-electron chi connectivity index (χ4n) is 3.89. The Morgan fingerprint density at radius 2 is 1.92 bits per heavy atom. The number of allylic oxidation sites excluding steroid dienone is 1. The fourth-order valence-corrected chi connectivity index (χ4v) is 3.89. The summed E-state index contributed by atoms with van der Waals surface area (Å²) in [6.45, 7) is 9.27. The van der Waals surface area contributed by atoms with Crippen molar-refractivity contribution in [2.45, 2.75) is 58.8 Å². The number of hydrogen-bond donors (Lipinski definition) is 2. The first kappa shape index (κ1) is 28.6. The molecule has 0 bridgehead atoms. The average Bonchev–Trinajstić information content (AvgIpc) is 3.08. The molecule has 0 aromatic carbocycles. The minimum absolute atomic E-state index is 0.00734. The van der Waals surface area contributed by atoms with Gasteiger partial charge in [0.05, 0.1) is 18.1 Å². The van der Waals surface area contributed by atoms with Crippen LogP contribution < -0.4 is 0 Å². The number of rotatable bonds is 7. The third-order valence-electron chi connectivity index (χ3n) is 5.83. The van der Waals surface area contributed by atoms with Crippen LogP contribution in [0.25, 0.3) is 0 Å². The molecule has 1 fully saturated rings. The Balaban J connectivity index is 2.29. The van der Waals surface area contributed by atoms with Crippen LogP contribution >= 0.6 is 0 Å². The summed E-state index contributed by atoms with van der Waals surface area (Å²) in [6.07, 6.45) is 4.29. The summed E-state index contributed by atoms with van der Waals surface area (Å²) in [5.41, 5.74) is 1.66. The second-order valence-corrected chi connectivity index (χ2v) is 8.53. The quantitative estimate of drug-likeness (QED) is 0.174. The third-order valence-corrected chi connectivity index (χ3v) is 5.83. The van der Waals surface area contributed by atoms with Crippen LogP contribution in [0.4, 0.5) is 0 Å². The van der Waals surface area contributed by atoms with Gasteiger partial charge >= 0.3 is 23.9 Å². The van der Waals surface area contributed by atoms with Crippen molar-refractivity contribution in [2.24, 2.45) is 5.92 Å². The Kier molecular flexibility index (Phi) is 10.2. The summed E-state index contributed by atoms with van der Waals surface area (Å²) in [6, 6.07) is 0. The van der Waals surface area contributed by atoms with Crippen molar-refractivity contribution < 1.29 is 48.3 Å². The summed E-state index contributed by atoms with van der Waals surface area (Å²) >= 11 is 0. The van der Waals surface area contributed by atoms with Crippen molar-refractivity contribution >= 4 is 23.9 Å². The van der Waals surface area contributed by atoms with Gasteiger partial charge in [0, 0.05) is 25.3 Å². The maximum atomic E-state index is 13.0. The lowest BCUT2D eigenvalue weighted by molar-refractivity contribution is -0.149. The monoisotopic (exact) mass is 504 g/mol. The van der Waals surface area contributed by atoms with Crippen LogP contribution in [-0.2, 0) is 38.1 Å². The standard InChI is InChI=1S/C26H32O10/c1-6-18(13-33-26(32)19(29)9-10-27)25(31)36-21-11-14(2)7-8-20(34-17(5)28)15(3)12-22-23(21)16(4)24(30)35-22/h6-7,9,12,20-23,27,29H,4,8,10-11,13H2,1-3,5H3. The number of carbonyl (C=O) groups is 4. The zero-order valence-electron chi connectivity index (χ0n) is 20.8. The molecule has 1 heterocycles. The zero-order chi connectivity index (χ0) is 27.0. The summed E-state index contributed by atoms with van der Waals surface area (Å²) in [5.74, 6) is -4.44. The van der Waals surface area contributed by atoms with E-state index in [2.05, 4.69) is 6.58 Å². The van der Waals surface area contributed by atoms with Gasteiger partial charge in [-0.15, -0.1) is 0 Å². The first-order valence-corrected chi connectivity index (χ1v) is 11.4. The summed E-state index contributed by atoms with van der Waals surface area (Å²) in [7, 11) is 0. The lowest BCUT2D eigenvalue weighted by Crippen LogP contribution is -2.35. The van der Waals surface area contributed by atoms with Crippen molar-refractivity contribution in [1.82, 2.24) is 0 Å². The molecular formula is C26H32O10. The molecule has 36 heavy (non-hydrogen) atoms. The Labute approximate surface area is 209 Å². The van der Waals surface area contributed by atoms with E-state index in [1.165, 1.54) is 13.0 Å². The highest BCUT2D eigenvalue weighted by Gasteiger charge is 2.45. The van der Waals surface area contributed by atoms with Crippen LogP contribution in [0.1, 0.15) is 40.5 Å². The lowest BCUT2D eigenvalue weighted by Gasteiger charge is -2.28. The predicted octanol–water partition coefficient (Wildman–Crippen LogP) is 2.54. The van der Waals surface area contributed by atoms with Gasteiger partial charge in [0.1, 0.15) is 24.9 Å². The highest BCUT2D eigenvalue weighted by molar-refractivity contribution is 5.92. The molecule has 196 valence electrons. The Morgan fingerprint density at radius 3 is 2.53 bits per heavy atom. The van der Waals surface area contributed by atoms with Gasteiger partial charge in [0.2, 0.25) is 0 Å². The molecule has 2 rings (SSSR count). The largest absolute Gasteiger partial charge is 0.502 e. The maximum Gasteiger partial charge on any atom is 0.373 e. The Hall–Kier alpha value is -3.66. The van der Waals surface area contributed by atoms with Crippen molar-refractivity contribution in [1.29, 1.82) is 0 Å². The summed E-state index contributed by atoms with van der Waals surface area (Å²) in [5, 5.41) is 18.2. The minimum atomic E-state index is -1.11. The number of hydrogen-bond acceptors (Lipinski definition) is 10. The van der Waals surface area contributed by atoms with Crippen molar-refractivity contribution in [3.05, 3.63) is 58.9 Å². The van der Waals surface area contributed by atoms with Gasteiger partial charge in [-0.2, -0.15) is 0 Å². The van der Waals surface area contributed by atoms with Crippen LogP contribution in [0.5, 0.6) is 0 Å². The first-order valence-electron chi connectivity index (χ1n) is 11.4. The van der Waals surface area contributed by atoms with Gasteiger partial charge in [0.15, 0.2) is 5.76 Å². The number of esters is 4. The number of carbonyl (C=O) groups excluding carboxylic acids is 4. The normalized spacial score (nSPS) is 25.1. The Bertz CT molecular complexity index is 1030. The van der Waals surface area contributed by atoms with E-state index >= 15 is 0 Å². The van der Waals surface area contributed by atoms with Crippen LogP contribution in [-0.4, -0.2) is 65.6 Å². The Morgan fingerprint density at radius 1 is 1.22 bits per heavy atom. The van der Waals surface area contributed by atoms with Crippen molar-refractivity contribution in [3.8, 4) is 0 Å². The van der Waals surface area contributed by atoms with Gasteiger partial charge < -0.3 is 29.2 Å². The second kappa shape index (κ2) is 12.9. The van der Waals surface area contributed by atoms with Crippen LogP contribution in [0.2, 0.25) is 0 Å². The van der Waals surface area contributed by atoms with E-state index < -0.39 is 67.1 Å². The molecule has 1 aliphatic heterocycles. The molecule has 1 aliphatic carbocycles. The molecule has 10 heteroatoms. The topological polar surface area (TPSA) is 146 Å². The van der Waals surface area contributed by atoms with E-state index in [0.717, 1.165) is 11.6 Å². The van der Waals surface area contributed by atoms with Gasteiger partial charge in [-0.25, -0.2) is 14.4 Å². The molecular weight excluding hydrogens is 472 g/mol. The van der Waals surface area contributed by atoms with Crippen molar-refractivity contribution in [2.75, 3.05) is 13.2 Å². The van der Waals surface area contributed by atoms with Crippen LogP contribution in [0.15, 0.2) is 58.9 Å². The molecule has 0 spiro atoms. The molecule has 2 N–H and O–H groups in total. The number of aliphatic hydroxyl groups is 2. The molecule has 0 aromatic rings. The van der Waals surface area contributed by atoms with Crippen LogP contribution in [0.3, 0.4) is 0 Å². The van der Waals surface area contributed by atoms with E-state index in [9.17, 15) is 24.3 Å². The first-order chi connectivity index (χ1) is 17.0. The zero-order valence-corrected chi connectivity index (χ0v) is 20.8. The van der Waals surface area contributed by atoms with Gasteiger partial charge in [-0.05, 0) is 38.5 Å². The second-order valence-electron chi connectivity index (χ2n) is 8.53. The van der Waals surface area contributed by atoms with E-state index in [1.54, 1.807) is 19.9 Å². The van der Waals surface area contributed by atoms with Gasteiger partial charge in [-0.1, -0.05) is 24.3 Å².